The van der Waals surface area contributed by atoms with Crippen molar-refractivity contribution in [1.29, 1.82) is 0 Å². The molecule has 0 radical (unpaired) electrons. The Hall–Kier alpha value is -3.00. The molecule has 2 aromatic carbocycles. The van der Waals surface area contributed by atoms with Crippen LogP contribution < -0.4 is 15.8 Å². The molecular weight excluding hydrogens is 457 g/mol. The van der Waals surface area contributed by atoms with E-state index in [0.717, 1.165) is 11.3 Å². The van der Waals surface area contributed by atoms with Crippen LogP contribution >= 0.6 is 23.2 Å². The molecule has 32 heavy (non-hydrogen) atoms. The molecule has 162 valence electrons. The third-order valence-electron chi connectivity index (χ3n) is 5.48. The fourth-order valence-corrected chi connectivity index (χ4v) is 4.43. The number of aromatic nitrogens is 1. The number of halogens is 4. The number of fused-ring (bicyclic) bond motifs is 1. The van der Waals surface area contributed by atoms with Crippen molar-refractivity contribution in [2.24, 2.45) is 0 Å². The van der Waals surface area contributed by atoms with Gasteiger partial charge in [0.15, 0.2) is 0 Å². The molecule has 0 fully saturated rings. The van der Waals surface area contributed by atoms with E-state index in [0.29, 0.717) is 35.5 Å². The summed E-state index contributed by atoms with van der Waals surface area (Å²) in [4.78, 5) is 16.6. The maximum absolute atomic E-state index is 14.1. The second kappa shape index (κ2) is 8.16. The molecule has 1 aromatic heterocycles. The van der Waals surface area contributed by atoms with Crippen LogP contribution in [0.15, 0.2) is 54.7 Å². The van der Waals surface area contributed by atoms with Gasteiger partial charge in [-0.05, 0) is 48.9 Å². The van der Waals surface area contributed by atoms with Crippen molar-refractivity contribution in [2.75, 3.05) is 5.01 Å². The number of pyridine rings is 1. The summed E-state index contributed by atoms with van der Waals surface area (Å²) in [5.41, 5.74) is 7.27. The SMILES string of the molecule is O=C1NCc2c1ccnc2C1CC=C(c2cc(F)cc(Cl)c2)N(c2ccc(F)c(Cl)c2)N1. The molecule has 0 aliphatic carbocycles. The van der Waals surface area contributed by atoms with Crippen LogP contribution in [0.2, 0.25) is 10.0 Å². The molecule has 1 amide bonds. The Morgan fingerprint density at radius 1 is 1.09 bits per heavy atom. The molecule has 0 saturated heterocycles. The Morgan fingerprint density at radius 2 is 1.94 bits per heavy atom. The molecule has 0 saturated carbocycles. The van der Waals surface area contributed by atoms with Crippen molar-refractivity contribution >= 4 is 40.5 Å². The molecule has 0 spiro atoms. The Kier molecular flexibility index (Phi) is 5.33. The lowest BCUT2D eigenvalue weighted by molar-refractivity contribution is 0.0965. The molecule has 5 rings (SSSR count). The molecule has 2 aliphatic heterocycles. The Labute approximate surface area is 192 Å². The summed E-state index contributed by atoms with van der Waals surface area (Å²) < 4.78 is 27.9. The topological polar surface area (TPSA) is 57.3 Å². The first-order valence-corrected chi connectivity index (χ1v) is 10.6. The number of amides is 1. The van der Waals surface area contributed by atoms with Crippen LogP contribution in [0.4, 0.5) is 14.5 Å². The van der Waals surface area contributed by atoms with Gasteiger partial charge in [-0.2, -0.15) is 0 Å². The van der Waals surface area contributed by atoms with Gasteiger partial charge in [-0.25, -0.2) is 14.2 Å². The monoisotopic (exact) mass is 472 g/mol. The van der Waals surface area contributed by atoms with Crippen LogP contribution in [0.25, 0.3) is 5.70 Å². The lowest BCUT2D eigenvalue weighted by atomic mass is 9.98. The van der Waals surface area contributed by atoms with Gasteiger partial charge in [0.25, 0.3) is 5.91 Å². The zero-order valence-electron chi connectivity index (χ0n) is 16.5. The van der Waals surface area contributed by atoms with Gasteiger partial charge in [-0.3, -0.25) is 14.8 Å². The third-order valence-corrected chi connectivity index (χ3v) is 5.99. The normalized spacial score (nSPS) is 17.8. The highest BCUT2D eigenvalue weighted by molar-refractivity contribution is 6.31. The second-order valence-electron chi connectivity index (χ2n) is 7.50. The Morgan fingerprint density at radius 3 is 2.72 bits per heavy atom. The minimum Gasteiger partial charge on any atom is -0.348 e. The lowest BCUT2D eigenvalue weighted by Crippen LogP contribution is -2.42. The molecule has 3 heterocycles. The van der Waals surface area contributed by atoms with Crippen molar-refractivity contribution < 1.29 is 13.6 Å². The Balaban J connectivity index is 1.60. The minimum atomic E-state index is -0.546. The lowest BCUT2D eigenvalue weighted by Gasteiger charge is -2.36. The van der Waals surface area contributed by atoms with Gasteiger partial charge in [-0.15, -0.1) is 0 Å². The second-order valence-corrected chi connectivity index (χ2v) is 8.35. The number of nitrogens with one attached hydrogen (secondary N) is 2. The highest BCUT2D eigenvalue weighted by atomic mass is 35.5. The highest BCUT2D eigenvalue weighted by Crippen LogP contribution is 2.36. The summed E-state index contributed by atoms with van der Waals surface area (Å²) in [5.74, 6) is -1.15. The van der Waals surface area contributed by atoms with Crippen molar-refractivity contribution in [3.05, 3.63) is 98.8 Å². The van der Waals surface area contributed by atoms with Crippen molar-refractivity contribution in [2.45, 2.75) is 19.0 Å². The first-order valence-electron chi connectivity index (χ1n) is 9.84. The molecule has 2 aliphatic rings. The predicted molar refractivity (Wildman–Crippen MR) is 119 cm³/mol. The van der Waals surface area contributed by atoms with E-state index < -0.39 is 11.6 Å². The van der Waals surface area contributed by atoms with E-state index in [4.69, 9.17) is 23.2 Å². The molecule has 2 N–H and O–H groups in total. The first kappa shape index (κ1) is 20.9. The predicted octanol–water partition coefficient (Wildman–Crippen LogP) is 5.41. The molecule has 9 heteroatoms. The van der Waals surface area contributed by atoms with Gasteiger partial charge in [0.05, 0.1) is 28.1 Å². The number of carbonyl (C=O) groups excluding carboxylic acids is 1. The fraction of sp³-hybridized carbons (Fsp3) is 0.130. The van der Waals surface area contributed by atoms with Crippen LogP contribution in [0, 0.1) is 11.6 Å². The van der Waals surface area contributed by atoms with Gasteiger partial charge in [0.2, 0.25) is 0 Å². The molecule has 1 unspecified atom stereocenters. The molecule has 3 aromatic rings. The van der Waals surface area contributed by atoms with E-state index in [1.807, 2.05) is 6.08 Å². The number of hydrazine groups is 1. The van der Waals surface area contributed by atoms with E-state index in [2.05, 4.69) is 15.7 Å². The van der Waals surface area contributed by atoms with E-state index in [9.17, 15) is 13.6 Å². The number of hydrogen-bond acceptors (Lipinski definition) is 4. The van der Waals surface area contributed by atoms with E-state index in [1.54, 1.807) is 29.4 Å². The average Bonchev–Trinajstić information content (AvgIpc) is 3.16. The number of rotatable bonds is 3. The standard InChI is InChI=1S/C23H16Cl2F2N4O/c24-13-7-12(8-14(26)9-13)21-4-3-20(22-17-11-29-23(32)16(17)5-6-28-22)30-31(21)15-1-2-19(27)18(25)10-15/h1-2,4-10,20,30H,3,11H2,(H,29,32). The minimum absolute atomic E-state index is 0.0448. The molecule has 0 bridgehead atoms. The summed E-state index contributed by atoms with van der Waals surface area (Å²) in [7, 11) is 0. The van der Waals surface area contributed by atoms with Crippen molar-refractivity contribution in [1.82, 2.24) is 15.7 Å². The van der Waals surface area contributed by atoms with Gasteiger partial charge in [-0.1, -0.05) is 29.3 Å². The summed E-state index contributed by atoms with van der Waals surface area (Å²) >= 11 is 12.1. The highest BCUT2D eigenvalue weighted by Gasteiger charge is 2.31. The average molecular weight is 473 g/mol. The van der Waals surface area contributed by atoms with E-state index in [1.165, 1.54) is 24.3 Å². The van der Waals surface area contributed by atoms with Crippen LogP contribution in [0.3, 0.4) is 0 Å². The number of carbonyl (C=O) groups is 1. The summed E-state index contributed by atoms with van der Waals surface area (Å²) in [5, 5.41) is 4.73. The first-order chi connectivity index (χ1) is 15.4. The van der Waals surface area contributed by atoms with Crippen molar-refractivity contribution in [3.8, 4) is 0 Å². The molecular formula is C23H16Cl2F2N4O. The van der Waals surface area contributed by atoms with Crippen LogP contribution in [0.5, 0.6) is 0 Å². The fourth-order valence-electron chi connectivity index (χ4n) is 4.03. The zero-order valence-corrected chi connectivity index (χ0v) is 18.0. The smallest absolute Gasteiger partial charge is 0.252 e. The number of nitrogens with zero attached hydrogens (tertiary/aromatic N) is 2. The Bertz CT molecular complexity index is 1260. The number of hydrogen-bond donors (Lipinski definition) is 2. The third kappa shape index (κ3) is 3.72. The van der Waals surface area contributed by atoms with Crippen LogP contribution in [0.1, 0.15) is 39.6 Å². The summed E-state index contributed by atoms with van der Waals surface area (Å²) in [6, 6.07) is 9.97. The van der Waals surface area contributed by atoms with E-state index in [-0.39, 0.29) is 22.0 Å². The van der Waals surface area contributed by atoms with Gasteiger partial charge in [0.1, 0.15) is 11.6 Å². The maximum Gasteiger partial charge on any atom is 0.252 e. The van der Waals surface area contributed by atoms with Crippen LogP contribution in [-0.2, 0) is 6.54 Å². The quantitative estimate of drug-likeness (QED) is 0.535. The zero-order chi connectivity index (χ0) is 22.4. The van der Waals surface area contributed by atoms with E-state index >= 15 is 0 Å². The largest absolute Gasteiger partial charge is 0.348 e. The summed E-state index contributed by atoms with van der Waals surface area (Å²) in [6.45, 7) is 0.397. The summed E-state index contributed by atoms with van der Waals surface area (Å²) in [6.07, 6.45) is 4.05. The number of anilines is 1. The van der Waals surface area contributed by atoms with Crippen molar-refractivity contribution in [3.63, 3.8) is 0 Å². The molecule has 5 nitrogen and oxygen atoms in total. The maximum atomic E-state index is 14.1. The number of benzene rings is 2. The van der Waals surface area contributed by atoms with Gasteiger partial charge < -0.3 is 5.32 Å². The van der Waals surface area contributed by atoms with Crippen LogP contribution in [-0.4, -0.2) is 10.9 Å². The van der Waals surface area contributed by atoms with Gasteiger partial charge >= 0.3 is 0 Å². The molecule has 1 atom stereocenters. The van der Waals surface area contributed by atoms with Gasteiger partial charge in [0, 0.05) is 34.5 Å².